The molecule has 5 nitrogen and oxygen atoms in total. The van der Waals surface area contributed by atoms with Gasteiger partial charge in [0.1, 0.15) is 6.04 Å². The van der Waals surface area contributed by atoms with Crippen LogP contribution in [-0.4, -0.2) is 35.8 Å². The number of nitrogens with zero attached hydrogens (tertiary/aromatic N) is 2. The summed E-state index contributed by atoms with van der Waals surface area (Å²) in [4.78, 5) is 27.0. The van der Waals surface area contributed by atoms with Crippen molar-refractivity contribution in [2.45, 2.75) is 32.2 Å². The second kappa shape index (κ2) is 7.23. The van der Waals surface area contributed by atoms with Crippen molar-refractivity contribution in [3.8, 4) is 6.07 Å². The highest BCUT2D eigenvalue weighted by molar-refractivity contribution is 7.12. The van der Waals surface area contributed by atoms with E-state index in [0.29, 0.717) is 24.4 Å². The highest BCUT2D eigenvalue weighted by atomic mass is 32.1. The molecular weight excluding hydrogens is 286 g/mol. The number of nitrogens with one attached hydrogen (secondary N) is 1. The van der Waals surface area contributed by atoms with Crippen LogP contribution in [0.3, 0.4) is 0 Å². The van der Waals surface area contributed by atoms with E-state index >= 15 is 0 Å². The Hall–Kier alpha value is -1.87. The molecule has 21 heavy (non-hydrogen) atoms. The quantitative estimate of drug-likeness (QED) is 0.925. The maximum absolute atomic E-state index is 12.3. The zero-order chi connectivity index (χ0) is 15.2. The third-order valence-electron chi connectivity index (χ3n) is 3.69. The van der Waals surface area contributed by atoms with E-state index in [4.69, 9.17) is 5.26 Å². The van der Waals surface area contributed by atoms with Gasteiger partial charge in [-0.2, -0.15) is 5.26 Å². The number of hydrogen-bond donors (Lipinski definition) is 1. The number of thiophene rings is 1. The van der Waals surface area contributed by atoms with Crippen molar-refractivity contribution >= 4 is 23.2 Å². The fourth-order valence-electron chi connectivity index (χ4n) is 2.45. The summed E-state index contributed by atoms with van der Waals surface area (Å²) < 4.78 is 0. The van der Waals surface area contributed by atoms with E-state index in [0.717, 1.165) is 12.8 Å². The molecule has 1 fully saturated rings. The third-order valence-corrected chi connectivity index (χ3v) is 4.55. The van der Waals surface area contributed by atoms with Gasteiger partial charge in [-0.3, -0.25) is 9.59 Å². The lowest BCUT2D eigenvalue weighted by Gasteiger charge is -2.32. The van der Waals surface area contributed by atoms with Crippen LogP contribution in [0.2, 0.25) is 0 Å². The van der Waals surface area contributed by atoms with E-state index in [1.165, 1.54) is 11.3 Å². The number of piperidine rings is 1. The topological polar surface area (TPSA) is 73.2 Å². The number of rotatable bonds is 4. The Bertz CT molecular complexity index is 536. The molecule has 0 spiro atoms. The fourth-order valence-corrected chi connectivity index (χ4v) is 3.14. The average molecular weight is 305 g/mol. The molecule has 1 saturated heterocycles. The van der Waals surface area contributed by atoms with Crippen LogP contribution in [0.15, 0.2) is 17.5 Å². The van der Waals surface area contributed by atoms with Crippen LogP contribution in [0.5, 0.6) is 0 Å². The lowest BCUT2D eigenvalue weighted by Crippen LogP contribution is -2.47. The third kappa shape index (κ3) is 3.82. The largest absolute Gasteiger partial charge is 0.340 e. The van der Waals surface area contributed by atoms with Crippen molar-refractivity contribution in [3.05, 3.63) is 22.4 Å². The molecular formula is C15H19N3O2S. The van der Waals surface area contributed by atoms with Crippen LogP contribution in [0.25, 0.3) is 0 Å². The van der Waals surface area contributed by atoms with Crippen molar-refractivity contribution in [2.75, 3.05) is 13.1 Å². The Balaban J connectivity index is 1.96. The Labute approximate surface area is 128 Å². The minimum absolute atomic E-state index is 0.00479. The molecule has 2 atom stereocenters. The average Bonchev–Trinajstić information content (AvgIpc) is 3.06. The van der Waals surface area contributed by atoms with Gasteiger partial charge in [0.2, 0.25) is 5.91 Å². The van der Waals surface area contributed by atoms with Gasteiger partial charge in [0.25, 0.3) is 5.91 Å². The first-order chi connectivity index (χ1) is 10.2. The Morgan fingerprint density at radius 1 is 1.62 bits per heavy atom. The first kappa shape index (κ1) is 15.5. The lowest BCUT2D eigenvalue weighted by atomic mass is 9.96. The van der Waals surface area contributed by atoms with Crippen LogP contribution in [0.4, 0.5) is 0 Å². The van der Waals surface area contributed by atoms with Crippen LogP contribution in [0.1, 0.15) is 35.9 Å². The van der Waals surface area contributed by atoms with Crippen LogP contribution in [-0.2, 0) is 4.79 Å². The molecule has 0 unspecified atom stereocenters. The molecule has 0 aromatic carbocycles. The summed E-state index contributed by atoms with van der Waals surface area (Å²) in [5.41, 5.74) is 0. The van der Waals surface area contributed by atoms with Gasteiger partial charge in [0.15, 0.2) is 0 Å². The van der Waals surface area contributed by atoms with Gasteiger partial charge < -0.3 is 10.2 Å². The molecule has 1 aromatic heterocycles. The van der Waals surface area contributed by atoms with Crippen LogP contribution < -0.4 is 5.32 Å². The summed E-state index contributed by atoms with van der Waals surface area (Å²) in [5.74, 6) is -0.341. The van der Waals surface area contributed by atoms with Crippen LogP contribution in [0, 0.1) is 17.2 Å². The number of carbonyl (C=O) groups is 2. The Kier molecular flexibility index (Phi) is 5.34. The van der Waals surface area contributed by atoms with Crippen molar-refractivity contribution in [1.29, 1.82) is 5.26 Å². The standard InChI is InChI=1S/C15H19N3O2S/c1-2-12(9-16)17-14(19)11-5-3-7-18(10-11)15(20)13-6-4-8-21-13/h4,6,8,11-12H,2-3,5,7,10H2,1H3,(H,17,19)/t11-,12-/m0/s1. The predicted octanol–water partition coefficient (Wildman–Crippen LogP) is 2.02. The number of hydrogen-bond acceptors (Lipinski definition) is 4. The molecule has 0 aliphatic carbocycles. The summed E-state index contributed by atoms with van der Waals surface area (Å²) in [6, 6.07) is 5.28. The molecule has 1 aliphatic rings. The molecule has 112 valence electrons. The maximum atomic E-state index is 12.3. The van der Waals surface area contributed by atoms with Gasteiger partial charge in [-0.05, 0) is 30.7 Å². The minimum atomic E-state index is -0.444. The smallest absolute Gasteiger partial charge is 0.263 e. The summed E-state index contributed by atoms with van der Waals surface area (Å²) in [5, 5.41) is 13.5. The van der Waals surface area contributed by atoms with Crippen molar-refractivity contribution in [1.82, 2.24) is 10.2 Å². The fraction of sp³-hybridized carbons (Fsp3) is 0.533. The second-order valence-electron chi connectivity index (χ2n) is 5.17. The van der Waals surface area contributed by atoms with E-state index in [-0.39, 0.29) is 17.7 Å². The highest BCUT2D eigenvalue weighted by Crippen LogP contribution is 2.20. The predicted molar refractivity (Wildman–Crippen MR) is 80.8 cm³/mol. The number of nitriles is 1. The van der Waals surface area contributed by atoms with Gasteiger partial charge in [0, 0.05) is 13.1 Å². The maximum Gasteiger partial charge on any atom is 0.263 e. The number of carbonyl (C=O) groups excluding carboxylic acids is 2. The van der Waals surface area contributed by atoms with Crippen molar-refractivity contribution < 1.29 is 9.59 Å². The Morgan fingerprint density at radius 2 is 2.43 bits per heavy atom. The van der Waals surface area contributed by atoms with Gasteiger partial charge in [-0.1, -0.05) is 13.0 Å². The molecule has 1 aliphatic heterocycles. The minimum Gasteiger partial charge on any atom is -0.340 e. The molecule has 1 aromatic rings. The van der Waals surface area contributed by atoms with E-state index in [1.807, 2.05) is 18.4 Å². The molecule has 0 saturated carbocycles. The first-order valence-electron chi connectivity index (χ1n) is 7.18. The SMILES string of the molecule is CC[C@@H](C#N)NC(=O)[C@H]1CCCN(C(=O)c2cccs2)C1. The van der Waals surface area contributed by atoms with E-state index in [1.54, 1.807) is 11.0 Å². The van der Waals surface area contributed by atoms with Gasteiger partial charge in [-0.15, -0.1) is 11.3 Å². The zero-order valence-electron chi connectivity index (χ0n) is 12.0. The van der Waals surface area contributed by atoms with Gasteiger partial charge in [-0.25, -0.2) is 0 Å². The van der Waals surface area contributed by atoms with Crippen molar-refractivity contribution in [3.63, 3.8) is 0 Å². The van der Waals surface area contributed by atoms with E-state index < -0.39 is 6.04 Å². The summed E-state index contributed by atoms with van der Waals surface area (Å²) >= 11 is 1.42. The molecule has 2 rings (SSSR count). The highest BCUT2D eigenvalue weighted by Gasteiger charge is 2.29. The van der Waals surface area contributed by atoms with E-state index in [9.17, 15) is 9.59 Å². The molecule has 2 heterocycles. The molecule has 6 heteroatoms. The number of likely N-dealkylation sites (tertiary alicyclic amines) is 1. The second-order valence-corrected chi connectivity index (χ2v) is 6.11. The molecule has 2 amide bonds. The lowest BCUT2D eigenvalue weighted by molar-refractivity contribution is -0.126. The summed E-state index contributed by atoms with van der Waals surface area (Å²) in [7, 11) is 0. The first-order valence-corrected chi connectivity index (χ1v) is 8.06. The van der Waals surface area contributed by atoms with Gasteiger partial charge >= 0.3 is 0 Å². The van der Waals surface area contributed by atoms with Crippen LogP contribution >= 0.6 is 11.3 Å². The number of amides is 2. The Morgan fingerprint density at radius 3 is 3.05 bits per heavy atom. The van der Waals surface area contributed by atoms with E-state index in [2.05, 4.69) is 11.4 Å². The molecule has 0 radical (unpaired) electrons. The summed E-state index contributed by atoms with van der Waals surface area (Å²) in [6.45, 7) is 2.99. The zero-order valence-corrected chi connectivity index (χ0v) is 12.9. The monoisotopic (exact) mass is 305 g/mol. The molecule has 0 bridgehead atoms. The van der Waals surface area contributed by atoms with Crippen molar-refractivity contribution in [2.24, 2.45) is 5.92 Å². The molecule has 1 N–H and O–H groups in total. The normalized spacial score (nSPS) is 19.6. The van der Waals surface area contributed by atoms with Gasteiger partial charge in [0.05, 0.1) is 16.9 Å². The summed E-state index contributed by atoms with van der Waals surface area (Å²) in [6.07, 6.45) is 2.17.